The van der Waals surface area contributed by atoms with Crippen molar-refractivity contribution in [1.29, 1.82) is 0 Å². The molecule has 1 aromatic carbocycles. The molecule has 7 heteroatoms. The number of nitrogens with one attached hydrogen (secondary N) is 2. The van der Waals surface area contributed by atoms with E-state index in [2.05, 4.69) is 15.6 Å². The van der Waals surface area contributed by atoms with Gasteiger partial charge in [0, 0.05) is 5.39 Å². The van der Waals surface area contributed by atoms with Gasteiger partial charge in [0.2, 0.25) is 5.54 Å². The minimum absolute atomic E-state index is 0.232. The molecular formula is C13H10F3N3O. The number of aromatic nitrogens is 1. The Morgan fingerprint density at radius 2 is 1.95 bits per heavy atom. The molecule has 0 radical (unpaired) electrons. The van der Waals surface area contributed by atoms with Crippen molar-refractivity contribution in [2.45, 2.75) is 18.6 Å². The van der Waals surface area contributed by atoms with Crippen LogP contribution in [-0.2, 0) is 4.79 Å². The third-order valence-corrected chi connectivity index (χ3v) is 3.42. The number of halogens is 3. The summed E-state index contributed by atoms with van der Waals surface area (Å²) < 4.78 is 39.4. The van der Waals surface area contributed by atoms with Gasteiger partial charge in [0.1, 0.15) is 0 Å². The van der Waals surface area contributed by atoms with E-state index in [9.17, 15) is 18.0 Å². The van der Waals surface area contributed by atoms with Crippen LogP contribution >= 0.6 is 0 Å². The summed E-state index contributed by atoms with van der Waals surface area (Å²) in [6.07, 6.45) is -3.36. The summed E-state index contributed by atoms with van der Waals surface area (Å²) in [5.74, 6) is -1.14. The molecule has 4 nitrogen and oxygen atoms in total. The van der Waals surface area contributed by atoms with E-state index in [-0.39, 0.29) is 11.4 Å². The molecular weight excluding hydrogens is 271 g/mol. The number of anilines is 2. The molecule has 1 aliphatic heterocycles. The topological polar surface area (TPSA) is 54.0 Å². The van der Waals surface area contributed by atoms with Crippen LogP contribution in [0.15, 0.2) is 30.5 Å². The van der Waals surface area contributed by atoms with E-state index in [1.165, 1.54) is 6.20 Å². The molecule has 3 rings (SSSR count). The highest BCUT2D eigenvalue weighted by Gasteiger charge is 2.59. The van der Waals surface area contributed by atoms with Crippen molar-refractivity contribution < 1.29 is 18.0 Å². The Labute approximate surface area is 112 Å². The summed E-state index contributed by atoms with van der Waals surface area (Å²) in [4.78, 5) is 15.8. The summed E-state index contributed by atoms with van der Waals surface area (Å²) in [5.41, 5.74) is -1.63. The quantitative estimate of drug-likeness (QED) is 0.780. The summed E-state index contributed by atoms with van der Waals surface area (Å²) in [6.45, 7) is 0.820. The smallest absolute Gasteiger partial charge is 0.362 e. The van der Waals surface area contributed by atoms with Crippen LogP contribution in [0.2, 0.25) is 0 Å². The zero-order valence-electron chi connectivity index (χ0n) is 10.4. The molecule has 2 N–H and O–H groups in total. The number of hydrogen-bond donors (Lipinski definition) is 2. The molecule has 1 atom stereocenters. The Morgan fingerprint density at radius 3 is 2.65 bits per heavy atom. The van der Waals surface area contributed by atoms with Gasteiger partial charge in [0.25, 0.3) is 5.91 Å². The Morgan fingerprint density at radius 1 is 1.25 bits per heavy atom. The fourth-order valence-corrected chi connectivity index (χ4v) is 2.12. The highest BCUT2D eigenvalue weighted by molar-refractivity contribution is 6.11. The molecule has 20 heavy (non-hydrogen) atoms. The van der Waals surface area contributed by atoms with Crippen molar-refractivity contribution in [3.05, 3.63) is 30.5 Å². The minimum Gasteiger partial charge on any atom is -0.362 e. The lowest BCUT2D eigenvalue weighted by Gasteiger charge is -2.37. The number of carbonyl (C=O) groups is 1. The molecule has 0 saturated heterocycles. The second kappa shape index (κ2) is 3.84. The number of rotatable bonds is 0. The maximum absolute atomic E-state index is 13.1. The number of carbonyl (C=O) groups excluding carboxylic acids is 1. The van der Waals surface area contributed by atoms with Gasteiger partial charge in [-0.2, -0.15) is 13.2 Å². The van der Waals surface area contributed by atoms with Crippen LogP contribution in [0.1, 0.15) is 6.92 Å². The molecule has 0 fully saturated rings. The van der Waals surface area contributed by atoms with Crippen molar-refractivity contribution in [3.8, 4) is 0 Å². The van der Waals surface area contributed by atoms with Gasteiger partial charge in [-0.25, -0.2) is 0 Å². The van der Waals surface area contributed by atoms with Crippen LogP contribution in [0.25, 0.3) is 10.9 Å². The predicted molar refractivity (Wildman–Crippen MR) is 68.5 cm³/mol. The fraction of sp³-hybridized carbons (Fsp3) is 0.231. The van der Waals surface area contributed by atoms with Gasteiger partial charge in [-0.1, -0.05) is 18.2 Å². The maximum Gasteiger partial charge on any atom is 0.420 e. The fourth-order valence-electron chi connectivity index (χ4n) is 2.12. The highest BCUT2D eigenvalue weighted by atomic mass is 19.4. The number of pyridine rings is 1. The third-order valence-electron chi connectivity index (χ3n) is 3.42. The monoisotopic (exact) mass is 281 g/mol. The van der Waals surface area contributed by atoms with Crippen molar-refractivity contribution in [2.24, 2.45) is 0 Å². The first-order valence-electron chi connectivity index (χ1n) is 5.87. The summed E-state index contributed by atoms with van der Waals surface area (Å²) in [6, 6.07) is 6.79. The van der Waals surface area contributed by atoms with Crippen molar-refractivity contribution in [3.63, 3.8) is 0 Å². The summed E-state index contributed by atoms with van der Waals surface area (Å²) in [5, 5.41) is 5.12. The Bertz CT molecular complexity index is 714. The predicted octanol–water partition coefficient (Wildman–Crippen LogP) is 2.92. The lowest BCUT2D eigenvalue weighted by atomic mass is 9.96. The van der Waals surface area contributed by atoms with Gasteiger partial charge < -0.3 is 10.6 Å². The molecule has 1 amide bonds. The van der Waals surface area contributed by atoms with Gasteiger partial charge in [0.15, 0.2) is 0 Å². The number of amides is 1. The first-order valence-corrected chi connectivity index (χ1v) is 5.87. The number of alkyl halides is 3. The van der Waals surface area contributed by atoms with Crippen LogP contribution in [0.3, 0.4) is 0 Å². The average Bonchev–Trinajstić information content (AvgIpc) is 2.39. The lowest BCUT2D eigenvalue weighted by Crippen LogP contribution is -2.60. The third kappa shape index (κ3) is 1.62. The first kappa shape index (κ1) is 12.7. The highest BCUT2D eigenvalue weighted by Crippen LogP contribution is 2.42. The maximum atomic E-state index is 13.1. The zero-order chi connectivity index (χ0) is 14.5. The second-order valence-corrected chi connectivity index (χ2v) is 4.77. The standard InChI is InChI=1S/C13H10F3N3O/c1-12(13(14,15)16)11(20)18-9-6-17-8-5-3-2-4-7(8)10(9)19-12/h2-6,19H,1H3,(H,18,20). The SMILES string of the molecule is CC1(C(F)(F)F)Nc2c(cnc3ccccc23)NC1=O. The van der Waals surface area contributed by atoms with Gasteiger partial charge in [-0.3, -0.25) is 9.78 Å². The van der Waals surface area contributed by atoms with Gasteiger partial charge >= 0.3 is 6.18 Å². The Kier molecular flexibility index (Phi) is 2.44. The summed E-state index contributed by atoms with van der Waals surface area (Å²) in [7, 11) is 0. The number of benzene rings is 1. The Hall–Kier alpha value is -2.31. The van der Waals surface area contributed by atoms with E-state index in [0.29, 0.717) is 10.9 Å². The molecule has 2 heterocycles. The van der Waals surface area contributed by atoms with E-state index in [1.54, 1.807) is 24.3 Å². The summed E-state index contributed by atoms with van der Waals surface area (Å²) >= 11 is 0. The number of fused-ring (bicyclic) bond motifs is 3. The molecule has 0 spiro atoms. The molecule has 1 unspecified atom stereocenters. The van der Waals surface area contributed by atoms with Crippen molar-refractivity contribution in [2.75, 3.05) is 10.6 Å². The van der Waals surface area contributed by atoms with Crippen LogP contribution in [0, 0.1) is 0 Å². The van der Waals surface area contributed by atoms with Crippen LogP contribution in [0.4, 0.5) is 24.5 Å². The van der Waals surface area contributed by atoms with E-state index in [1.807, 2.05) is 0 Å². The molecule has 0 bridgehead atoms. The molecule has 0 saturated carbocycles. The van der Waals surface area contributed by atoms with E-state index in [0.717, 1.165) is 6.92 Å². The number of hydrogen-bond acceptors (Lipinski definition) is 3. The van der Waals surface area contributed by atoms with Gasteiger partial charge in [-0.05, 0) is 13.0 Å². The van der Waals surface area contributed by atoms with Crippen LogP contribution in [-0.4, -0.2) is 22.6 Å². The van der Waals surface area contributed by atoms with E-state index in [4.69, 9.17) is 0 Å². The number of para-hydroxylation sites is 1. The second-order valence-electron chi connectivity index (χ2n) is 4.77. The van der Waals surface area contributed by atoms with Gasteiger partial charge in [-0.15, -0.1) is 0 Å². The largest absolute Gasteiger partial charge is 0.420 e. The van der Waals surface area contributed by atoms with Crippen LogP contribution < -0.4 is 10.6 Å². The van der Waals surface area contributed by atoms with E-state index >= 15 is 0 Å². The molecule has 1 aliphatic rings. The Balaban J connectivity index is 2.22. The molecule has 2 aromatic rings. The van der Waals surface area contributed by atoms with Gasteiger partial charge in [0.05, 0.1) is 23.1 Å². The molecule has 1 aromatic heterocycles. The molecule has 104 valence electrons. The van der Waals surface area contributed by atoms with Crippen molar-refractivity contribution in [1.82, 2.24) is 4.98 Å². The van der Waals surface area contributed by atoms with Crippen molar-refractivity contribution >= 4 is 28.2 Å². The van der Waals surface area contributed by atoms with E-state index < -0.39 is 17.6 Å². The van der Waals surface area contributed by atoms with Crippen LogP contribution in [0.5, 0.6) is 0 Å². The molecule has 0 aliphatic carbocycles. The number of nitrogens with zero attached hydrogens (tertiary/aromatic N) is 1. The normalized spacial score (nSPS) is 22.1. The average molecular weight is 281 g/mol. The first-order chi connectivity index (χ1) is 9.33. The lowest BCUT2D eigenvalue weighted by molar-refractivity contribution is -0.179. The minimum atomic E-state index is -4.71. The zero-order valence-corrected chi connectivity index (χ0v) is 10.4.